The number of aliphatic hydroxyl groups is 2. The van der Waals surface area contributed by atoms with Gasteiger partial charge in [0.2, 0.25) is 11.9 Å². The number of aromatic nitrogens is 4. The Morgan fingerprint density at radius 1 is 1.22 bits per heavy atom. The molecule has 0 bridgehead atoms. The predicted molar refractivity (Wildman–Crippen MR) is 119 cm³/mol. The van der Waals surface area contributed by atoms with Gasteiger partial charge in [-0.3, -0.25) is 14.3 Å². The van der Waals surface area contributed by atoms with Crippen molar-refractivity contribution < 1.29 is 21.8 Å². The Morgan fingerprint density at radius 2 is 1.97 bits per heavy atom. The zero-order valence-corrected chi connectivity index (χ0v) is 16.6. The van der Waals surface area contributed by atoms with Crippen LogP contribution in [0.3, 0.4) is 0 Å². The molecule has 3 atom stereocenters. The van der Waals surface area contributed by atoms with Gasteiger partial charge in [-0.2, -0.15) is 4.98 Å². The molecule has 3 heterocycles. The summed E-state index contributed by atoms with van der Waals surface area (Å²) in [7, 11) is 0. The van der Waals surface area contributed by atoms with Crippen LogP contribution in [0.1, 0.15) is 19.5 Å². The van der Waals surface area contributed by atoms with Gasteiger partial charge in [0.05, 0.1) is 19.6 Å². The molecule has 1 aliphatic rings. The molecule has 10 nitrogen and oxygen atoms in total. The summed E-state index contributed by atoms with van der Waals surface area (Å²) in [6.45, 7) is -0.401. The van der Waals surface area contributed by atoms with E-state index in [0.717, 1.165) is 0 Å². The number of aliphatic hydroxyl groups excluding tert-OH is 2. The van der Waals surface area contributed by atoms with E-state index in [0.29, 0.717) is 11.3 Å². The highest BCUT2D eigenvalue weighted by atomic mass is 16.5. The van der Waals surface area contributed by atoms with Crippen LogP contribution >= 0.6 is 0 Å². The van der Waals surface area contributed by atoms with E-state index in [4.69, 9.17) is 17.3 Å². The Bertz CT molecular complexity index is 1550. The highest BCUT2D eigenvalue weighted by molar-refractivity contribution is 5.76. The first kappa shape index (κ1) is 15.1. The lowest BCUT2D eigenvalue weighted by Gasteiger charge is -2.17. The van der Waals surface area contributed by atoms with E-state index < -0.39 is 48.7 Å². The Morgan fingerprint density at radius 3 is 2.66 bits per heavy atom. The van der Waals surface area contributed by atoms with Gasteiger partial charge >= 0.3 is 0 Å². The number of hydrogen-bond donors (Lipinski definition) is 5. The van der Waals surface area contributed by atoms with Gasteiger partial charge in [0.15, 0.2) is 11.2 Å². The Kier molecular flexibility index (Phi) is 3.82. The lowest BCUT2D eigenvalue weighted by Crippen LogP contribution is -2.24. The number of benzene rings is 2. The van der Waals surface area contributed by atoms with Crippen molar-refractivity contribution in [2.45, 2.75) is 24.9 Å². The molecule has 0 amide bonds. The number of fused-ring (bicyclic) bond motifs is 1. The maximum absolute atomic E-state index is 12.5. The van der Waals surface area contributed by atoms with Gasteiger partial charge in [-0.15, -0.1) is 0 Å². The van der Waals surface area contributed by atoms with E-state index in [1.54, 1.807) is 24.3 Å². The standard InChI is InChI=1S/C22H22N6O4/c23-21-26-19-18(20(31)27-21)25-22(28(19)17-10-15(30)16(11-29)32-17)24-14-8-6-13(7-9-14)12-4-2-1-3-5-12/h1-9,15-17,29-30H,10-11H2,(H,24,25)(H3,23,26,27,31)/t15?,16-,17-/m1/s1/i1D,2D,3D,4D,5D. The molecule has 0 saturated carbocycles. The van der Waals surface area contributed by atoms with Gasteiger partial charge < -0.3 is 26.0 Å². The van der Waals surface area contributed by atoms with Crippen LogP contribution in [0.25, 0.3) is 22.3 Å². The number of nitrogens with zero attached hydrogens (tertiary/aromatic N) is 3. The molecule has 1 fully saturated rings. The van der Waals surface area contributed by atoms with E-state index in [-0.39, 0.29) is 47.1 Å². The third-order valence-corrected chi connectivity index (χ3v) is 5.17. The fourth-order valence-corrected chi connectivity index (χ4v) is 3.64. The molecule has 0 radical (unpaired) electrons. The molecule has 5 rings (SSSR count). The fourth-order valence-electron chi connectivity index (χ4n) is 3.64. The van der Waals surface area contributed by atoms with Crippen molar-refractivity contribution in [3.05, 3.63) is 64.8 Å². The van der Waals surface area contributed by atoms with Crippen molar-refractivity contribution in [3.8, 4) is 11.1 Å². The van der Waals surface area contributed by atoms with Gasteiger partial charge in [-0.05, 0) is 23.3 Å². The van der Waals surface area contributed by atoms with Crippen LogP contribution < -0.4 is 16.6 Å². The summed E-state index contributed by atoms with van der Waals surface area (Å²) in [4.78, 5) is 23.4. The van der Waals surface area contributed by atoms with E-state index in [9.17, 15) is 15.0 Å². The van der Waals surface area contributed by atoms with Crippen molar-refractivity contribution in [3.63, 3.8) is 0 Å². The number of aromatic amines is 1. The highest BCUT2D eigenvalue weighted by Gasteiger charge is 2.37. The molecule has 10 heteroatoms. The summed E-state index contributed by atoms with van der Waals surface area (Å²) in [5.41, 5.74) is 6.24. The van der Waals surface area contributed by atoms with Gasteiger partial charge in [0, 0.05) is 12.1 Å². The molecule has 32 heavy (non-hydrogen) atoms. The summed E-state index contributed by atoms with van der Waals surface area (Å²) >= 11 is 0. The molecule has 6 N–H and O–H groups in total. The zero-order valence-electron chi connectivity index (χ0n) is 21.6. The van der Waals surface area contributed by atoms with Gasteiger partial charge in [0.1, 0.15) is 12.3 Å². The minimum atomic E-state index is -0.948. The molecule has 1 saturated heterocycles. The van der Waals surface area contributed by atoms with E-state index in [1.807, 2.05) is 0 Å². The van der Waals surface area contributed by atoms with Crippen LogP contribution in [0.4, 0.5) is 17.6 Å². The average molecular weight is 439 g/mol. The molecule has 1 unspecified atom stereocenters. The second kappa shape index (κ2) is 8.08. The SMILES string of the molecule is [2H]c1c([2H])c([2H])c(-c2ccc(Nc3nc4c(=O)[nH]c(N)nc4n3[C@H]3CC(O)[C@@H](CO)O3)cc2)c([2H])c1[2H]. The number of nitrogen functional groups attached to an aromatic ring is 1. The Balaban J connectivity index is 1.55. The van der Waals surface area contributed by atoms with Crippen molar-refractivity contribution >= 4 is 28.7 Å². The predicted octanol–water partition coefficient (Wildman–Crippen LogP) is 1.75. The Labute approximate surface area is 189 Å². The third-order valence-electron chi connectivity index (χ3n) is 5.17. The van der Waals surface area contributed by atoms with Gasteiger partial charge in [0.25, 0.3) is 5.56 Å². The number of hydrogen-bond acceptors (Lipinski definition) is 8. The summed E-state index contributed by atoms with van der Waals surface area (Å²) < 4.78 is 47.1. The number of anilines is 3. The van der Waals surface area contributed by atoms with Crippen molar-refractivity contribution in [1.29, 1.82) is 0 Å². The van der Waals surface area contributed by atoms with Crippen molar-refractivity contribution in [2.75, 3.05) is 17.7 Å². The molecule has 2 aromatic carbocycles. The topological polar surface area (TPSA) is 151 Å². The van der Waals surface area contributed by atoms with Crippen LogP contribution in [0.2, 0.25) is 0 Å². The van der Waals surface area contributed by atoms with Crippen LogP contribution in [-0.4, -0.2) is 48.5 Å². The largest absolute Gasteiger partial charge is 0.394 e. The summed E-state index contributed by atoms with van der Waals surface area (Å²) in [6, 6.07) is 4.46. The van der Waals surface area contributed by atoms with Crippen molar-refractivity contribution in [1.82, 2.24) is 19.5 Å². The molecule has 4 aromatic rings. The first-order chi connectivity index (χ1) is 17.6. The molecule has 164 valence electrons. The number of imidazole rings is 1. The zero-order chi connectivity index (χ0) is 26.6. The van der Waals surface area contributed by atoms with Gasteiger partial charge in [-0.25, -0.2) is 4.98 Å². The quantitative estimate of drug-likeness (QED) is 0.315. The summed E-state index contributed by atoms with van der Waals surface area (Å²) in [5, 5.41) is 22.8. The second-order valence-corrected chi connectivity index (χ2v) is 7.25. The summed E-state index contributed by atoms with van der Waals surface area (Å²) in [5.74, 6) is 0.0235. The van der Waals surface area contributed by atoms with Crippen LogP contribution in [0, 0.1) is 0 Å². The number of rotatable bonds is 5. The smallest absolute Gasteiger partial charge is 0.280 e. The van der Waals surface area contributed by atoms with Crippen molar-refractivity contribution in [2.24, 2.45) is 0 Å². The monoisotopic (exact) mass is 439 g/mol. The molecule has 0 spiro atoms. The molecular weight excluding hydrogens is 412 g/mol. The molecule has 2 aromatic heterocycles. The van der Waals surface area contributed by atoms with E-state index in [1.165, 1.54) is 4.57 Å². The van der Waals surface area contributed by atoms with E-state index in [2.05, 4.69) is 20.3 Å². The molecule has 1 aliphatic heterocycles. The Hall–Kier alpha value is -3.73. The maximum atomic E-state index is 12.5. The van der Waals surface area contributed by atoms with Crippen LogP contribution in [0.5, 0.6) is 0 Å². The van der Waals surface area contributed by atoms with Crippen LogP contribution in [0.15, 0.2) is 59.3 Å². The number of H-pyrrole nitrogens is 1. The summed E-state index contributed by atoms with van der Waals surface area (Å²) in [6.07, 6.45) is -2.48. The first-order valence-electron chi connectivity index (χ1n) is 12.3. The second-order valence-electron chi connectivity index (χ2n) is 7.25. The molecule has 0 aliphatic carbocycles. The maximum Gasteiger partial charge on any atom is 0.280 e. The number of nitrogens with one attached hydrogen (secondary N) is 2. The number of ether oxygens (including phenoxy) is 1. The molecular formula is C22H22N6O4. The highest BCUT2D eigenvalue weighted by Crippen LogP contribution is 2.34. The fraction of sp³-hybridized carbons (Fsp3) is 0.227. The minimum absolute atomic E-state index is 0.0158. The minimum Gasteiger partial charge on any atom is -0.394 e. The first-order valence-corrected chi connectivity index (χ1v) is 9.77. The van der Waals surface area contributed by atoms with Crippen LogP contribution in [-0.2, 0) is 4.74 Å². The lowest BCUT2D eigenvalue weighted by molar-refractivity contribution is -0.0425. The lowest BCUT2D eigenvalue weighted by atomic mass is 10.1. The number of nitrogens with two attached hydrogens (primary N) is 1. The normalized spacial score (nSPS) is 22.8. The average Bonchev–Trinajstić information content (AvgIpc) is 3.42. The van der Waals surface area contributed by atoms with E-state index >= 15 is 0 Å². The van der Waals surface area contributed by atoms with Gasteiger partial charge in [-0.1, -0.05) is 42.3 Å². The third kappa shape index (κ3) is 3.60.